The summed E-state index contributed by atoms with van der Waals surface area (Å²) in [7, 11) is 0. The molecule has 2 heterocycles. The number of benzene rings is 1. The summed E-state index contributed by atoms with van der Waals surface area (Å²) < 4.78 is 0. The molecule has 1 aromatic carbocycles. The molecular weight excluding hydrogens is 248 g/mol. The molecule has 0 atom stereocenters. The van der Waals surface area contributed by atoms with E-state index in [-0.39, 0.29) is 0 Å². The van der Waals surface area contributed by atoms with Gasteiger partial charge in [0.25, 0.3) is 0 Å². The number of nitrogens with zero attached hydrogens (tertiary/aromatic N) is 2. The number of hydrogen-bond donors (Lipinski definition) is 2. The van der Waals surface area contributed by atoms with Gasteiger partial charge in [-0.05, 0) is 11.5 Å². The van der Waals surface area contributed by atoms with Crippen LogP contribution in [-0.2, 0) is 6.54 Å². The minimum Gasteiger partial charge on any atom is -0.339 e. The zero-order valence-corrected chi connectivity index (χ0v) is 11.7. The van der Waals surface area contributed by atoms with E-state index in [4.69, 9.17) is 0 Å². The van der Waals surface area contributed by atoms with Crippen LogP contribution in [0.4, 0.5) is 0 Å². The monoisotopic (exact) mass is 266 g/mol. The predicted molar refractivity (Wildman–Crippen MR) is 81.3 cm³/mol. The average Bonchev–Trinajstić information content (AvgIpc) is 2.93. The van der Waals surface area contributed by atoms with Crippen molar-refractivity contribution in [2.75, 3.05) is 0 Å². The lowest BCUT2D eigenvalue weighted by atomic mass is 10.1. The summed E-state index contributed by atoms with van der Waals surface area (Å²) in [5.41, 5.74) is 1.97. The zero-order chi connectivity index (χ0) is 13.9. The number of H-pyrrole nitrogens is 1. The highest BCUT2D eigenvalue weighted by Crippen LogP contribution is 2.23. The standard InChI is InChI=1S/C16H18N4/c1-11(2)18-9-13-10-19-16(20-13)15-14-6-4-3-5-12(14)7-8-17-15/h3-8,10-11,18H,9H2,1-2H3,(H,19,20). The predicted octanol–water partition coefficient (Wildman–Crippen LogP) is 3.12. The summed E-state index contributed by atoms with van der Waals surface area (Å²) in [5, 5.41) is 5.67. The van der Waals surface area contributed by atoms with Crippen molar-refractivity contribution in [1.82, 2.24) is 20.3 Å². The fourth-order valence-corrected chi connectivity index (χ4v) is 2.19. The molecule has 3 rings (SSSR count). The van der Waals surface area contributed by atoms with E-state index < -0.39 is 0 Å². The first-order valence-electron chi connectivity index (χ1n) is 6.85. The lowest BCUT2D eigenvalue weighted by molar-refractivity contribution is 0.583. The minimum atomic E-state index is 0.456. The lowest BCUT2D eigenvalue weighted by Gasteiger charge is -2.05. The van der Waals surface area contributed by atoms with Gasteiger partial charge in [-0.25, -0.2) is 4.98 Å². The van der Waals surface area contributed by atoms with Gasteiger partial charge in [0.1, 0.15) is 5.69 Å². The number of fused-ring (bicyclic) bond motifs is 1. The Kier molecular flexibility index (Phi) is 3.48. The molecule has 0 fully saturated rings. The van der Waals surface area contributed by atoms with Crippen LogP contribution in [0.25, 0.3) is 22.3 Å². The first kappa shape index (κ1) is 12.8. The Hall–Kier alpha value is -2.20. The lowest BCUT2D eigenvalue weighted by Crippen LogP contribution is -2.21. The summed E-state index contributed by atoms with van der Waals surface area (Å²) in [4.78, 5) is 12.3. The molecule has 0 aliphatic carbocycles. The maximum atomic E-state index is 4.47. The Morgan fingerprint density at radius 3 is 2.85 bits per heavy atom. The summed E-state index contributed by atoms with van der Waals surface area (Å²) in [6.45, 7) is 5.04. The van der Waals surface area contributed by atoms with Gasteiger partial charge in [0.15, 0.2) is 5.82 Å². The SMILES string of the molecule is CC(C)NCc1cnc(-c2nccc3ccccc23)[nH]1. The highest BCUT2D eigenvalue weighted by atomic mass is 15.0. The van der Waals surface area contributed by atoms with Gasteiger partial charge in [-0.1, -0.05) is 38.1 Å². The summed E-state index contributed by atoms with van der Waals surface area (Å²) in [6, 6.07) is 10.7. The fourth-order valence-electron chi connectivity index (χ4n) is 2.19. The highest BCUT2D eigenvalue weighted by Gasteiger charge is 2.08. The molecule has 20 heavy (non-hydrogen) atoms. The van der Waals surface area contributed by atoms with Crippen molar-refractivity contribution in [2.45, 2.75) is 26.4 Å². The molecule has 0 spiro atoms. The largest absolute Gasteiger partial charge is 0.339 e. The molecule has 4 heteroatoms. The van der Waals surface area contributed by atoms with E-state index >= 15 is 0 Å². The van der Waals surface area contributed by atoms with E-state index in [2.05, 4.69) is 46.2 Å². The van der Waals surface area contributed by atoms with Crippen LogP contribution in [0, 0.1) is 0 Å². The first-order chi connectivity index (χ1) is 9.74. The fraction of sp³-hybridized carbons (Fsp3) is 0.250. The maximum absolute atomic E-state index is 4.47. The molecule has 0 bridgehead atoms. The van der Waals surface area contributed by atoms with Gasteiger partial charge in [0, 0.05) is 29.9 Å². The number of hydrogen-bond acceptors (Lipinski definition) is 3. The molecule has 0 radical (unpaired) electrons. The molecule has 3 aromatic rings. The van der Waals surface area contributed by atoms with E-state index in [1.807, 2.05) is 30.6 Å². The van der Waals surface area contributed by atoms with Gasteiger partial charge in [-0.3, -0.25) is 4.98 Å². The van der Waals surface area contributed by atoms with Crippen LogP contribution in [-0.4, -0.2) is 21.0 Å². The van der Waals surface area contributed by atoms with Gasteiger partial charge >= 0.3 is 0 Å². The van der Waals surface area contributed by atoms with Crippen LogP contribution >= 0.6 is 0 Å². The van der Waals surface area contributed by atoms with E-state index in [1.54, 1.807) is 0 Å². The third-order valence-corrected chi connectivity index (χ3v) is 3.23. The van der Waals surface area contributed by atoms with Crippen LogP contribution in [0.3, 0.4) is 0 Å². The van der Waals surface area contributed by atoms with Crippen LogP contribution < -0.4 is 5.32 Å². The highest BCUT2D eigenvalue weighted by molar-refractivity contribution is 5.92. The molecule has 0 unspecified atom stereocenters. The third-order valence-electron chi connectivity index (χ3n) is 3.23. The zero-order valence-electron chi connectivity index (χ0n) is 11.7. The second-order valence-corrected chi connectivity index (χ2v) is 5.17. The van der Waals surface area contributed by atoms with Crippen LogP contribution in [0.2, 0.25) is 0 Å². The quantitative estimate of drug-likeness (QED) is 0.763. The number of aromatic nitrogens is 3. The summed E-state index contributed by atoms with van der Waals surface area (Å²) in [5.74, 6) is 0.822. The first-order valence-corrected chi connectivity index (χ1v) is 6.85. The molecule has 0 aliphatic heterocycles. The van der Waals surface area contributed by atoms with Gasteiger partial charge < -0.3 is 10.3 Å². The second kappa shape index (κ2) is 5.43. The molecule has 0 amide bonds. The Balaban J connectivity index is 1.95. The molecule has 0 saturated carbocycles. The van der Waals surface area contributed by atoms with E-state index in [0.717, 1.165) is 29.1 Å². The van der Waals surface area contributed by atoms with Crippen LogP contribution in [0.1, 0.15) is 19.5 Å². The number of nitrogens with one attached hydrogen (secondary N) is 2. The van der Waals surface area contributed by atoms with Crippen molar-refractivity contribution in [3.05, 3.63) is 48.4 Å². The number of imidazole rings is 1. The summed E-state index contributed by atoms with van der Waals surface area (Å²) >= 11 is 0. The van der Waals surface area contributed by atoms with Crippen molar-refractivity contribution < 1.29 is 0 Å². The van der Waals surface area contributed by atoms with E-state index in [1.165, 1.54) is 5.39 Å². The van der Waals surface area contributed by atoms with Crippen molar-refractivity contribution in [1.29, 1.82) is 0 Å². The Morgan fingerprint density at radius 1 is 1.15 bits per heavy atom. The summed E-state index contributed by atoms with van der Waals surface area (Å²) in [6.07, 6.45) is 3.69. The van der Waals surface area contributed by atoms with E-state index in [0.29, 0.717) is 6.04 Å². The number of pyridine rings is 1. The smallest absolute Gasteiger partial charge is 0.156 e. The molecule has 0 aliphatic rings. The molecule has 0 saturated heterocycles. The third kappa shape index (κ3) is 2.56. The van der Waals surface area contributed by atoms with Crippen LogP contribution in [0.5, 0.6) is 0 Å². The molecule has 2 N–H and O–H groups in total. The number of rotatable bonds is 4. The van der Waals surface area contributed by atoms with Crippen molar-refractivity contribution in [3.63, 3.8) is 0 Å². The molecule has 102 valence electrons. The Labute approximate surface area is 118 Å². The maximum Gasteiger partial charge on any atom is 0.156 e. The Bertz CT molecular complexity index is 710. The normalized spacial score (nSPS) is 11.3. The molecule has 2 aromatic heterocycles. The van der Waals surface area contributed by atoms with Gasteiger partial charge in [-0.15, -0.1) is 0 Å². The van der Waals surface area contributed by atoms with Gasteiger partial charge in [0.05, 0.1) is 6.20 Å². The minimum absolute atomic E-state index is 0.456. The van der Waals surface area contributed by atoms with Crippen molar-refractivity contribution >= 4 is 10.8 Å². The van der Waals surface area contributed by atoms with Gasteiger partial charge in [-0.2, -0.15) is 0 Å². The molecular formula is C16H18N4. The Morgan fingerprint density at radius 2 is 2.00 bits per heavy atom. The van der Waals surface area contributed by atoms with E-state index in [9.17, 15) is 0 Å². The van der Waals surface area contributed by atoms with Crippen molar-refractivity contribution in [2.24, 2.45) is 0 Å². The van der Waals surface area contributed by atoms with Crippen LogP contribution in [0.15, 0.2) is 42.7 Å². The topological polar surface area (TPSA) is 53.6 Å². The average molecular weight is 266 g/mol. The number of aromatic amines is 1. The van der Waals surface area contributed by atoms with Crippen molar-refractivity contribution in [3.8, 4) is 11.5 Å². The molecule has 4 nitrogen and oxygen atoms in total. The second-order valence-electron chi connectivity index (χ2n) is 5.17. The van der Waals surface area contributed by atoms with Gasteiger partial charge in [0.2, 0.25) is 0 Å².